The first-order valence-corrected chi connectivity index (χ1v) is 6.34. The molecule has 0 saturated carbocycles. The molecule has 1 aliphatic heterocycles. The lowest BCUT2D eigenvalue weighted by Gasteiger charge is -2.23. The molecule has 102 valence electrons. The Morgan fingerprint density at radius 2 is 2.11 bits per heavy atom. The fourth-order valence-electron chi connectivity index (χ4n) is 2.22. The molecule has 1 heterocycles. The molecular weight excluding hydrogens is 246 g/mol. The van der Waals surface area contributed by atoms with Crippen LogP contribution in [0.15, 0.2) is 30.3 Å². The van der Waals surface area contributed by atoms with Gasteiger partial charge in [-0.1, -0.05) is 18.2 Å². The monoisotopic (exact) mass is 262 g/mol. The van der Waals surface area contributed by atoms with Crippen LogP contribution in [0.5, 0.6) is 0 Å². The van der Waals surface area contributed by atoms with Gasteiger partial charge in [0.15, 0.2) is 0 Å². The highest BCUT2D eigenvalue weighted by atomic mass is 16.5. The van der Waals surface area contributed by atoms with Crippen LogP contribution in [0.4, 0.5) is 5.69 Å². The quantitative estimate of drug-likeness (QED) is 0.841. The van der Waals surface area contributed by atoms with Crippen LogP contribution in [0.1, 0.15) is 19.3 Å². The standard InChI is InChI=1S/C14H17NO4/c16-13(15-10-5-2-1-3-6-10)9-11(14(17)18)12-7-4-8-19-12/h1-3,5-6,11-12H,4,7-9H2,(H,15,16)(H,17,18)/p-1/t11-,12+/m0/s1. The van der Waals surface area contributed by atoms with Crippen LogP contribution in [0.2, 0.25) is 0 Å². The Morgan fingerprint density at radius 1 is 1.37 bits per heavy atom. The molecule has 0 aliphatic carbocycles. The summed E-state index contributed by atoms with van der Waals surface area (Å²) in [6.07, 6.45) is 0.958. The third-order valence-electron chi connectivity index (χ3n) is 3.18. The van der Waals surface area contributed by atoms with Crippen molar-refractivity contribution in [3.05, 3.63) is 30.3 Å². The summed E-state index contributed by atoms with van der Waals surface area (Å²) in [5, 5.41) is 13.8. The zero-order chi connectivity index (χ0) is 13.7. The first-order chi connectivity index (χ1) is 9.16. The van der Waals surface area contributed by atoms with Gasteiger partial charge in [0.1, 0.15) is 0 Å². The van der Waals surface area contributed by atoms with Gasteiger partial charge in [-0.15, -0.1) is 0 Å². The van der Waals surface area contributed by atoms with Crippen LogP contribution in [0, 0.1) is 5.92 Å². The van der Waals surface area contributed by atoms with Crippen LogP contribution in [0.25, 0.3) is 0 Å². The van der Waals surface area contributed by atoms with Crippen LogP contribution in [-0.4, -0.2) is 24.6 Å². The van der Waals surface area contributed by atoms with Crippen molar-refractivity contribution in [1.29, 1.82) is 0 Å². The lowest BCUT2D eigenvalue weighted by atomic mass is 9.96. The summed E-state index contributed by atoms with van der Waals surface area (Å²) in [4.78, 5) is 22.9. The first kappa shape index (κ1) is 13.5. The van der Waals surface area contributed by atoms with Gasteiger partial charge in [-0.2, -0.15) is 0 Å². The second-order valence-corrected chi connectivity index (χ2v) is 4.60. The van der Waals surface area contributed by atoms with E-state index in [0.717, 1.165) is 6.42 Å². The van der Waals surface area contributed by atoms with E-state index in [0.29, 0.717) is 18.7 Å². The Kier molecular flexibility index (Phi) is 4.52. The molecule has 0 aromatic heterocycles. The summed E-state index contributed by atoms with van der Waals surface area (Å²) < 4.78 is 5.33. The summed E-state index contributed by atoms with van der Waals surface area (Å²) in [5.74, 6) is -2.45. The van der Waals surface area contributed by atoms with Gasteiger partial charge in [0.25, 0.3) is 0 Å². The van der Waals surface area contributed by atoms with Gasteiger partial charge >= 0.3 is 0 Å². The van der Waals surface area contributed by atoms with E-state index in [1.54, 1.807) is 24.3 Å². The minimum absolute atomic E-state index is 0.123. The Labute approximate surface area is 111 Å². The highest BCUT2D eigenvalue weighted by Crippen LogP contribution is 2.23. The number of carbonyl (C=O) groups is 2. The first-order valence-electron chi connectivity index (χ1n) is 6.34. The van der Waals surface area contributed by atoms with Crippen LogP contribution in [-0.2, 0) is 14.3 Å². The minimum Gasteiger partial charge on any atom is -0.550 e. The van der Waals surface area contributed by atoms with Crippen molar-refractivity contribution in [2.24, 2.45) is 5.92 Å². The molecule has 1 aliphatic rings. The van der Waals surface area contributed by atoms with Crippen LogP contribution >= 0.6 is 0 Å². The number of para-hydroxylation sites is 1. The number of aliphatic carboxylic acids is 1. The number of hydrogen-bond acceptors (Lipinski definition) is 4. The maximum Gasteiger partial charge on any atom is 0.225 e. The van der Waals surface area contributed by atoms with Gasteiger partial charge in [-0.3, -0.25) is 4.79 Å². The van der Waals surface area contributed by atoms with E-state index < -0.39 is 18.0 Å². The molecule has 0 spiro atoms. The smallest absolute Gasteiger partial charge is 0.225 e. The summed E-state index contributed by atoms with van der Waals surface area (Å²) in [6, 6.07) is 8.93. The number of rotatable bonds is 5. The van der Waals surface area contributed by atoms with E-state index in [1.807, 2.05) is 6.07 Å². The predicted octanol–water partition coefficient (Wildman–Crippen LogP) is 0.560. The molecule has 1 aromatic carbocycles. The molecule has 2 atom stereocenters. The van der Waals surface area contributed by atoms with Gasteiger partial charge in [0, 0.05) is 30.6 Å². The second kappa shape index (κ2) is 6.33. The number of anilines is 1. The molecule has 0 bridgehead atoms. The number of ether oxygens (including phenoxy) is 1. The Hall–Kier alpha value is -1.88. The number of carboxylic acids is 1. The highest BCUT2D eigenvalue weighted by Gasteiger charge is 2.28. The Bertz CT molecular complexity index is 440. The molecule has 1 saturated heterocycles. The summed E-state index contributed by atoms with van der Waals surface area (Å²) in [6.45, 7) is 0.550. The molecule has 19 heavy (non-hydrogen) atoms. The van der Waals surface area contributed by atoms with Crippen molar-refractivity contribution < 1.29 is 19.4 Å². The van der Waals surface area contributed by atoms with Gasteiger partial charge < -0.3 is 20.0 Å². The molecule has 0 unspecified atom stereocenters. The number of amides is 1. The van der Waals surface area contributed by atoms with Crippen molar-refractivity contribution >= 4 is 17.6 Å². The van der Waals surface area contributed by atoms with Crippen molar-refractivity contribution in [2.75, 3.05) is 11.9 Å². The van der Waals surface area contributed by atoms with Crippen molar-refractivity contribution in [1.82, 2.24) is 0 Å². The fraction of sp³-hybridized carbons (Fsp3) is 0.429. The number of carbonyl (C=O) groups excluding carboxylic acids is 2. The van der Waals surface area contributed by atoms with Crippen LogP contribution < -0.4 is 10.4 Å². The fourth-order valence-corrected chi connectivity index (χ4v) is 2.22. The van der Waals surface area contributed by atoms with Gasteiger partial charge in [0.2, 0.25) is 5.91 Å². The average molecular weight is 262 g/mol. The predicted molar refractivity (Wildman–Crippen MR) is 67.2 cm³/mol. The third kappa shape index (κ3) is 3.79. The van der Waals surface area contributed by atoms with Gasteiger partial charge in [-0.05, 0) is 25.0 Å². The maximum absolute atomic E-state index is 11.8. The molecular formula is C14H16NO4-. The summed E-state index contributed by atoms with van der Waals surface area (Å²) in [7, 11) is 0. The van der Waals surface area contributed by atoms with Gasteiger partial charge in [0.05, 0.1) is 6.10 Å². The molecule has 5 nitrogen and oxygen atoms in total. The Balaban J connectivity index is 1.93. The van der Waals surface area contributed by atoms with E-state index in [1.165, 1.54) is 0 Å². The summed E-state index contributed by atoms with van der Waals surface area (Å²) >= 11 is 0. The SMILES string of the molecule is O=C(C[C@H](C(=O)[O-])[C@H]1CCCO1)Nc1ccccc1. The van der Waals surface area contributed by atoms with E-state index in [-0.39, 0.29) is 12.3 Å². The highest BCUT2D eigenvalue weighted by molar-refractivity contribution is 5.93. The third-order valence-corrected chi connectivity index (χ3v) is 3.18. The number of hydrogen-bond donors (Lipinski definition) is 1. The van der Waals surface area contributed by atoms with Crippen LogP contribution in [0.3, 0.4) is 0 Å². The number of carboxylic acid groups (broad SMARTS) is 1. The van der Waals surface area contributed by atoms with Crippen molar-refractivity contribution in [3.63, 3.8) is 0 Å². The zero-order valence-electron chi connectivity index (χ0n) is 10.5. The largest absolute Gasteiger partial charge is 0.550 e. The molecule has 1 aromatic rings. The second-order valence-electron chi connectivity index (χ2n) is 4.60. The van der Waals surface area contributed by atoms with Crippen molar-refractivity contribution in [2.45, 2.75) is 25.4 Å². The Morgan fingerprint density at radius 3 is 2.68 bits per heavy atom. The van der Waals surface area contributed by atoms with E-state index >= 15 is 0 Å². The molecule has 2 rings (SSSR count). The topological polar surface area (TPSA) is 78.5 Å². The zero-order valence-corrected chi connectivity index (χ0v) is 10.5. The molecule has 0 radical (unpaired) electrons. The number of benzene rings is 1. The minimum atomic E-state index is -1.23. The average Bonchev–Trinajstić information content (AvgIpc) is 2.90. The molecule has 5 heteroatoms. The molecule has 1 fully saturated rings. The van der Waals surface area contributed by atoms with Gasteiger partial charge in [-0.25, -0.2) is 0 Å². The molecule has 1 amide bonds. The normalized spacial score (nSPS) is 19.9. The lowest BCUT2D eigenvalue weighted by Crippen LogP contribution is -2.40. The summed E-state index contributed by atoms with van der Waals surface area (Å²) in [5.41, 5.74) is 0.650. The van der Waals surface area contributed by atoms with E-state index in [2.05, 4.69) is 5.32 Å². The lowest BCUT2D eigenvalue weighted by molar-refractivity contribution is -0.314. The number of nitrogens with one attached hydrogen (secondary N) is 1. The van der Waals surface area contributed by atoms with E-state index in [9.17, 15) is 14.7 Å². The maximum atomic E-state index is 11.8. The van der Waals surface area contributed by atoms with E-state index in [4.69, 9.17) is 4.74 Å². The molecule has 1 N–H and O–H groups in total. The van der Waals surface area contributed by atoms with Crippen molar-refractivity contribution in [3.8, 4) is 0 Å².